The molecule has 0 bridgehead atoms. The Morgan fingerprint density at radius 1 is 1.09 bits per heavy atom. The van der Waals surface area contributed by atoms with Gasteiger partial charge in [0.1, 0.15) is 35.1 Å². The van der Waals surface area contributed by atoms with Crippen molar-refractivity contribution in [1.82, 2.24) is 25.2 Å². The van der Waals surface area contributed by atoms with E-state index in [1.807, 2.05) is 48.9 Å². The van der Waals surface area contributed by atoms with E-state index >= 15 is 0 Å². The number of rotatable bonds is 7. The number of amides is 4. The number of fused-ring (bicyclic) bond motifs is 3. The molecule has 2 aliphatic heterocycles. The van der Waals surface area contributed by atoms with Crippen molar-refractivity contribution in [3.63, 3.8) is 0 Å². The maximum atomic E-state index is 14.8. The zero-order chi connectivity index (χ0) is 39.2. The minimum atomic E-state index is -4.66. The molecular weight excluding hydrogens is 722 g/mol. The fourth-order valence-electron chi connectivity index (χ4n) is 7.48. The van der Waals surface area contributed by atoms with Crippen molar-refractivity contribution >= 4 is 44.6 Å². The predicted octanol–water partition coefficient (Wildman–Crippen LogP) is 4.28. The summed E-state index contributed by atoms with van der Waals surface area (Å²) < 4.78 is 59.7. The molecule has 6 rings (SSSR count). The van der Waals surface area contributed by atoms with Gasteiger partial charge in [-0.15, -0.1) is 0 Å². The number of hydrogen-bond donors (Lipinski definition) is 3. The van der Waals surface area contributed by atoms with Gasteiger partial charge in [-0.05, 0) is 64.4 Å². The molecule has 3 fully saturated rings. The Morgan fingerprint density at radius 2 is 1.80 bits per heavy atom. The maximum absolute atomic E-state index is 14.8. The van der Waals surface area contributed by atoms with Crippen LogP contribution in [0.4, 0.5) is 9.18 Å². The second kappa shape index (κ2) is 14.6. The number of carbonyl (C=O) groups excluding carboxylic acids is 4. The summed E-state index contributed by atoms with van der Waals surface area (Å²) in [5, 5.41) is 4.41. The van der Waals surface area contributed by atoms with E-state index in [9.17, 15) is 32.0 Å². The molecule has 2 aromatic rings. The molecule has 0 spiro atoms. The zero-order valence-corrected chi connectivity index (χ0v) is 32.3. The van der Waals surface area contributed by atoms with Gasteiger partial charge in [0.15, 0.2) is 0 Å². The Bertz CT molecular complexity index is 1950. The molecule has 14 nitrogen and oxygen atoms in total. The SMILES string of the molecule is COc1cnc(OC2C[C@H]3C(=O)N[C@]4(C(=O)NS(=O)(=O)C5(F)CC5)C[C@H]4/C=C\CC[C@@H](C)C[C@@H](C)[C@H](NC(=O)OC(C)(C)C)C(=O)N3C2)c2ccccc12. The number of nitrogens with zero attached hydrogens (tertiary/aromatic N) is 2. The molecule has 16 heteroatoms. The molecule has 294 valence electrons. The Labute approximate surface area is 315 Å². The normalized spacial score (nSPS) is 30.4. The smallest absolute Gasteiger partial charge is 0.408 e. The number of allylic oxidation sites excluding steroid dienone is 1. The van der Waals surface area contributed by atoms with Crippen LogP contribution in [0.15, 0.2) is 42.6 Å². The van der Waals surface area contributed by atoms with Crippen molar-refractivity contribution in [2.24, 2.45) is 17.8 Å². The highest BCUT2D eigenvalue weighted by atomic mass is 32.2. The summed E-state index contributed by atoms with van der Waals surface area (Å²) >= 11 is 0. The first-order chi connectivity index (χ1) is 25.4. The van der Waals surface area contributed by atoms with Crippen molar-refractivity contribution in [3.8, 4) is 11.6 Å². The predicted molar refractivity (Wildman–Crippen MR) is 196 cm³/mol. The lowest BCUT2D eigenvalue weighted by molar-refractivity contribution is -0.142. The Kier molecular flexibility index (Phi) is 10.6. The molecule has 1 saturated heterocycles. The average molecular weight is 772 g/mol. The van der Waals surface area contributed by atoms with Crippen LogP contribution < -0.4 is 24.8 Å². The fourth-order valence-corrected chi connectivity index (χ4v) is 8.73. The van der Waals surface area contributed by atoms with E-state index in [0.717, 1.165) is 11.8 Å². The Hall–Kier alpha value is -4.47. The van der Waals surface area contributed by atoms with Gasteiger partial charge < -0.3 is 29.7 Å². The summed E-state index contributed by atoms with van der Waals surface area (Å²) in [5.74, 6) is -2.36. The van der Waals surface area contributed by atoms with Crippen LogP contribution in [0, 0.1) is 17.8 Å². The van der Waals surface area contributed by atoms with Crippen LogP contribution in [0.3, 0.4) is 0 Å². The van der Waals surface area contributed by atoms with E-state index in [1.165, 1.54) is 18.2 Å². The molecule has 2 saturated carbocycles. The minimum absolute atomic E-state index is 0.0202. The molecule has 4 aliphatic rings. The maximum Gasteiger partial charge on any atom is 0.408 e. The van der Waals surface area contributed by atoms with Crippen LogP contribution in [-0.2, 0) is 29.1 Å². The Balaban J connectivity index is 1.35. The second-order valence-corrected chi connectivity index (χ2v) is 18.1. The number of benzene rings is 1. The lowest BCUT2D eigenvalue weighted by Crippen LogP contribution is -2.59. The summed E-state index contributed by atoms with van der Waals surface area (Å²) in [5.41, 5.74) is -2.54. The number of hydrogen-bond acceptors (Lipinski definition) is 10. The highest BCUT2D eigenvalue weighted by Gasteiger charge is 2.64. The summed E-state index contributed by atoms with van der Waals surface area (Å²) in [6.45, 7) is 8.97. The molecule has 3 N–H and O–H groups in total. The number of nitrogens with one attached hydrogen (secondary N) is 3. The molecule has 7 atom stereocenters. The van der Waals surface area contributed by atoms with Crippen molar-refractivity contribution in [2.45, 2.75) is 114 Å². The first-order valence-corrected chi connectivity index (χ1v) is 20.0. The third kappa shape index (κ3) is 8.13. The molecule has 3 heterocycles. The lowest BCUT2D eigenvalue weighted by atomic mass is 9.88. The first-order valence-electron chi connectivity index (χ1n) is 18.5. The number of alkyl halides is 1. The molecule has 1 unspecified atom stereocenters. The standard InChI is InChI=1S/C38H50FN5O9S/c1-22-11-7-8-12-24-19-38(24,34(47)43-54(49,50)37(39)15-16-37)42-31(45)28-18-25(52-32-27-14-10-9-13-26(27)29(51-6)20-40-32)21-44(28)33(46)30(23(2)17-22)41-35(48)53-36(3,4)5/h8-10,12-14,20,22-25,28,30H,7,11,15-19,21H2,1-6H3,(H,41,48)(H,42,45)(H,43,47)/b12-8-/t22-,23-,24-,25?,28+,30+,38-/m1/s1. The van der Waals surface area contributed by atoms with Crippen LogP contribution in [-0.4, -0.2) is 90.1 Å². The van der Waals surface area contributed by atoms with Crippen molar-refractivity contribution in [2.75, 3.05) is 13.7 Å². The monoisotopic (exact) mass is 771 g/mol. The number of carbonyl (C=O) groups is 4. The number of alkyl carbamates (subject to hydrolysis) is 1. The highest BCUT2D eigenvalue weighted by Crippen LogP contribution is 2.48. The van der Waals surface area contributed by atoms with Gasteiger partial charge in [0.05, 0.1) is 19.9 Å². The van der Waals surface area contributed by atoms with E-state index in [0.29, 0.717) is 24.0 Å². The number of methoxy groups -OCH3 is 1. The van der Waals surface area contributed by atoms with Gasteiger partial charge in [0.25, 0.3) is 15.9 Å². The minimum Gasteiger partial charge on any atom is -0.494 e. The van der Waals surface area contributed by atoms with Gasteiger partial charge in [0, 0.05) is 36.0 Å². The van der Waals surface area contributed by atoms with Crippen molar-refractivity contribution in [3.05, 3.63) is 42.6 Å². The van der Waals surface area contributed by atoms with Crippen molar-refractivity contribution in [1.29, 1.82) is 0 Å². The second-order valence-electron chi connectivity index (χ2n) is 16.2. The summed E-state index contributed by atoms with van der Waals surface area (Å²) in [7, 11) is -3.13. The van der Waals surface area contributed by atoms with Gasteiger partial charge in [-0.1, -0.05) is 44.2 Å². The molecule has 0 radical (unpaired) electrons. The van der Waals surface area contributed by atoms with Crippen molar-refractivity contribution < 1.29 is 46.2 Å². The van der Waals surface area contributed by atoms with Gasteiger partial charge in [-0.25, -0.2) is 27.3 Å². The summed E-state index contributed by atoms with van der Waals surface area (Å²) in [6, 6.07) is 5.04. The topological polar surface area (TPSA) is 182 Å². The summed E-state index contributed by atoms with van der Waals surface area (Å²) in [4.78, 5) is 61.8. The lowest BCUT2D eigenvalue weighted by Gasteiger charge is -2.33. The van der Waals surface area contributed by atoms with Gasteiger partial charge in [-0.2, -0.15) is 0 Å². The number of aromatic nitrogens is 1. The number of pyridine rings is 1. The quantitative estimate of drug-likeness (QED) is 0.344. The van der Waals surface area contributed by atoms with E-state index in [1.54, 1.807) is 26.8 Å². The first kappa shape index (κ1) is 39.2. The highest BCUT2D eigenvalue weighted by molar-refractivity contribution is 7.91. The van der Waals surface area contributed by atoms with Gasteiger partial charge in [0.2, 0.25) is 22.7 Å². The average Bonchev–Trinajstić information content (AvgIpc) is 3.98. The van der Waals surface area contributed by atoms with Crippen LogP contribution in [0.25, 0.3) is 10.8 Å². The Morgan fingerprint density at radius 3 is 2.46 bits per heavy atom. The van der Waals surface area contributed by atoms with E-state index in [-0.39, 0.29) is 49.9 Å². The van der Waals surface area contributed by atoms with Crippen LogP contribution in [0.1, 0.15) is 79.6 Å². The van der Waals surface area contributed by atoms with E-state index in [4.69, 9.17) is 14.2 Å². The summed E-state index contributed by atoms with van der Waals surface area (Å²) in [6.07, 6.45) is 5.13. The van der Waals surface area contributed by atoms with Gasteiger partial charge >= 0.3 is 6.09 Å². The molecule has 2 aliphatic carbocycles. The number of ether oxygens (including phenoxy) is 3. The van der Waals surface area contributed by atoms with Crippen LogP contribution in [0.5, 0.6) is 11.6 Å². The molecule has 54 heavy (non-hydrogen) atoms. The molecule has 1 aromatic carbocycles. The third-order valence-corrected chi connectivity index (χ3v) is 12.5. The number of halogens is 1. The van der Waals surface area contributed by atoms with E-state index < -0.39 is 74.1 Å². The largest absolute Gasteiger partial charge is 0.494 e. The number of sulfonamides is 1. The van der Waals surface area contributed by atoms with E-state index in [2.05, 4.69) is 15.6 Å². The molecule has 1 aromatic heterocycles. The van der Waals surface area contributed by atoms with Crippen LogP contribution in [0.2, 0.25) is 0 Å². The molecular formula is C38H50FN5O9S. The molecule has 4 amide bonds. The van der Waals surface area contributed by atoms with Gasteiger partial charge in [-0.3, -0.25) is 14.4 Å². The zero-order valence-electron chi connectivity index (χ0n) is 31.5. The fraction of sp³-hybridized carbons (Fsp3) is 0.605. The van der Waals surface area contributed by atoms with Crippen LogP contribution >= 0.6 is 0 Å². The third-order valence-electron chi connectivity index (χ3n) is 10.7.